The minimum absolute atomic E-state index is 0.746. The van der Waals surface area contributed by atoms with Gasteiger partial charge < -0.3 is 5.73 Å². The Morgan fingerprint density at radius 1 is 1.54 bits per heavy atom. The fourth-order valence-corrected chi connectivity index (χ4v) is 1.73. The van der Waals surface area contributed by atoms with Gasteiger partial charge in [-0.25, -0.2) is 4.98 Å². The van der Waals surface area contributed by atoms with Crippen LogP contribution in [0.1, 0.15) is 5.69 Å². The van der Waals surface area contributed by atoms with Crippen molar-refractivity contribution in [2.75, 3.05) is 5.73 Å². The fourth-order valence-electron chi connectivity index (χ4n) is 1.19. The zero-order chi connectivity index (χ0) is 9.42. The first-order valence-electron chi connectivity index (χ1n) is 3.88. The minimum atomic E-state index is 0.746. The molecular weight excluding hydrogens is 184 g/mol. The Morgan fingerprint density at radius 3 is 2.77 bits per heavy atom. The van der Waals surface area contributed by atoms with Gasteiger partial charge in [0.1, 0.15) is 10.7 Å². The van der Waals surface area contributed by atoms with Crippen LogP contribution in [0.15, 0.2) is 11.7 Å². The number of nitrogen functional groups attached to an aromatic ring is 1. The zero-order valence-corrected chi connectivity index (χ0v) is 8.30. The highest BCUT2D eigenvalue weighted by Crippen LogP contribution is 2.29. The van der Waals surface area contributed by atoms with E-state index in [1.165, 1.54) is 11.3 Å². The van der Waals surface area contributed by atoms with Gasteiger partial charge in [-0.2, -0.15) is 5.10 Å². The predicted molar refractivity (Wildman–Crippen MR) is 53.5 cm³/mol. The smallest absolute Gasteiger partial charge is 0.114 e. The Kier molecular flexibility index (Phi) is 1.81. The van der Waals surface area contributed by atoms with Crippen molar-refractivity contribution in [3.63, 3.8) is 0 Å². The molecular formula is C8H10N4S. The average Bonchev–Trinajstić information content (AvgIpc) is 2.62. The molecule has 0 atom stereocenters. The van der Waals surface area contributed by atoms with Gasteiger partial charge in [0.2, 0.25) is 0 Å². The van der Waals surface area contributed by atoms with Gasteiger partial charge >= 0.3 is 0 Å². The SMILES string of the molecule is Cc1c(-c2ncsc2N)cnn1C. The molecule has 0 aliphatic rings. The molecule has 0 aliphatic heterocycles. The Labute approximate surface area is 80.0 Å². The highest BCUT2D eigenvalue weighted by Gasteiger charge is 2.11. The van der Waals surface area contributed by atoms with E-state index in [0.29, 0.717) is 0 Å². The number of nitrogens with two attached hydrogens (primary N) is 1. The number of aryl methyl sites for hydroxylation is 1. The lowest BCUT2D eigenvalue weighted by Gasteiger charge is -1.97. The molecule has 68 valence electrons. The molecule has 0 aliphatic carbocycles. The molecule has 0 fully saturated rings. The first kappa shape index (κ1) is 8.25. The first-order chi connectivity index (χ1) is 6.20. The summed E-state index contributed by atoms with van der Waals surface area (Å²) >= 11 is 1.45. The van der Waals surface area contributed by atoms with Crippen molar-refractivity contribution in [3.05, 3.63) is 17.4 Å². The maximum atomic E-state index is 5.77. The molecule has 2 aromatic rings. The van der Waals surface area contributed by atoms with E-state index in [4.69, 9.17) is 5.73 Å². The molecule has 0 radical (unpaired) electrons. The van der Waals surface area contributed by atoms with E-state index in [0.717, 1.165) is 22.0 Å². The summed E-state index contributed by atoms with van der Waals surface area (Å²) in [6, 6.07) is 0. The third-order valence-corrected chi connectivity index (χ3v) is 2.74. The van der Waals surface area contributed by atoms with Crippen molar-refractivity contribution in [3.8, 4) is 11.3 Å². The van der Waals surface area contributed by atoms with E-state index >= 15 is 0 Å². The first-order valence-corrected chi connectivity index (χ1v) is 4.76. The molecule has 0 bridgehead atoms. The summed E-state index contributed by atoms with van der Waals surface area (Å²) in [5, 5.41) is 4.89. The molecule has 2 aromatic heterocycles. The number of hydrogen-bond acceptors (Lipinski definition) is 4. The topological polar surface area (TPSA) is 56.7 Å². The summed E-state index contributed by atoms with van der Waals surface area (Å²) in [6.45, 7) is 2.00. The average molecular weight is 194 g/mol. The number of thiazole rings is 1. The Bertz CT molecular complexity index is 429. The molecule has 4 nitrogen and oxygen atoms in total. The molecule has 0 unspecified atom stereocenters. The van der Waals surface area contributed by atoms with Crippen LogP contribution in [0.3, 0.4) is 0 Å². The standard InChI is InChI=1S/C8H10N4S/c1-5-6(3-11-12(5)2)7-8(9)13-4-10-7/h3-4H,9H2,1-2H3. The van der Waals surface area contributed by atoms with E-state index in [1.54, 1.807) is 11.7 Å². The normalized spacial score (nSPS) is 10.6. The van der Waals surface area contributed by atoms with Crippen molar-refractivity contribution in [1.29, 1.82) is 0 Å². The van der Waals surface area contributed by atoms with Crippen LogP contribution >= 0.6 is 11.3 Å². The van der Waals surface area contributed by atoms with Gasteiger partial charge in [0, 0.05) is 18.3 Å². The number of anilines is 1. The largest absolute Gasteiger partial charge is 0.389 e. The maximum absolute atomic E-state index is 5.77. The molecule has 2 N–H and O–H groups in total. The summed E-state index contributed by atoms with van der Waals surface area (Å²) in [5.74, 6) is 0. The van der Waals surface area contributed by atoms with Crippen molar-refractivity contribution in [1.82, 2.24) is 14.8 Å². The highest BCUT2D eigenvalue weighted by atomic mass is 32.1. The summed E-state index contributed by atoms with van der Waals surface area (Å²) in [4.78, 5) is 4.20. The van der Waals surface area contributed by atoms with Crippen molar-refractivity contribution >= 4 is 16.3 Å². The summed E-state index contributed by atoms with van der Waals surface area (Å²) in [7, 11) is 1.90. The Balaban J connectivity index is 2.59. The van der Waals surface area contributed by atoms with E-state index in [2.05, 4.69) is 10.1 Å². The lowest BCUT2D eigenvalue weighted by atomic mass is 10.2. The quantitative estimate of drug-likeness (QED) is 0.747. The van der Waals surface area contributed by atoms with E-state index in [9.17, 15) is 0 Å². The van der Waals surface area contributed by atoms with E-state index < -0.39 is 0 Å². The van der Waals surface area contributed by atoms with Gasteiger partial charge in [-0.15, -0.1) is 11.3 Å². The summed E-state index contributed by atoms with van der Waals surface area (Å²) < 4.78 is 1.81. The zero-order valence-electron chi connectivity index (χ0n) is 7.48. The molecule has 2 rings (SSSR count). The van der Waals surface area contributed by atoms with Gasteiger partial charge in [-0.1, -0.05) is 0 Å². The van der Waals surface area contributed by atoms with Crippen LogP contribution in [0, 0.1) is 6.92 Å². The lowest BCUT2D eigenvalue weighted by molar-refractivity contribution is 0.740. The van der Waals surface area contributed by atoms with E-state index in [-0.39, 0.29) is 0 Å². The summed E-state index contributed by atoms with van der Waals surface area (Å²) in [5.41, 5.74) is 10.5. The van der Waals surface area contributed by atoms with Crippen LogP contribution in [0.2, 0.25) is 0 Å². The lowest BCUT2D eigenvalue weighted by Crippen LogP contribution is -1.93. The van der Waals surface area contributed by atoms with Gasteiger partial charge in [0.05, 0.1) is 11.7 Å². The maximum Gasteiger partial charge on any atom is 0.114 e. The van der Waals surface area contributed by atoms with Crippen molar-refractivity contribution in [2.45, 2.75) is 6.92 Å². The number of aromatic nitrogens is 3. The van der Waals surface area contributed by atoms with Gasteiger partial charge in [-0.05, 0) is 6.92 Å². The van der Waals surface area contributed by atoms with Gasteiger partial charge in [-0.3, -0.25) is 4.68 Å². The minimum Gasteiger partial charge on any atom is -0.389 e. The van der Waals surface area contributed by atoms with E-state index in [1.807, 2.05) is 18.7 Å². The second-order valence-electron chi connectivity index (χ2n) is 2.83. The Morgan fingerprint density at radius 2 is 2.31 bits per heavy atom. The number of nitrogens with zero attached hydrogens (tertiary/aromatic N) is 3. The van der Waals surface area contributed by atoms with Crippen LogP contribution in [-0.2, 0) is 7.05 Å². The van der Waals surface area contributed by atoms with Crippen LogP contribution in [0.4, 0.5) is 5.00 Å². The third kappa shape index (κ3) is 1.21. The van der Waals surface area contributed by atoms with Gasteiger partial charge in [0.15, 0.2) is 0 Å². The monoisotopic (exact) mass is 194 g/mol. The molecule has 0 aromatic carbocycles. The second-order valence-corrected chi connectivity index (χ2v) is 3.72. The number of rotatable bonds is 1. The van der Waals surface area contributed by atoms with Crippen LogP contribution in [0.25, 0.3) is 11.3 Å². The van der Waals surface area contributed by atoms with Crippen LogP contribution in [0.5, 0.6) is 0 Å². The molecule has 0 spiro atoms. The van der Waals surface area contributed by atoms with Crippen molar-refractivity contribution in [2.24, 2.45) is 7.05 Å². The van der Waals surface area contributed by atoms with Crippen molar-refractivity contribution < 1.29 is 0 Å². The summed E-state index contributed by atoms with van der Waals surface area (Å²) in [6.07, 6.45) is 1.79. The predicted octanol–water partition coefficient (Wildman–Crippen LogP) is 1.43. The molecule has 5 heteroatoms. The fraction of sp³-hybridized carbons (Fsp3) is 0.250. The molecule has 0 saturated carbocycles. The second kappa shape index (κ2) is 2.85. The molecule has 0 amide bonds. The third-order valence-electron chi connectivity index (χ3n) is 2.09. The molecule has 13 heavy (non-hydrogen) atoms. The number of hydrogen-bond donors (Lipinski definition) is 1. The van der Waals surface area contributed by atoms with Crippen LogP contribution < -0.4 is 5.73 Å². The molecule has 0 saturated heterocycles. The van der Waals surface area contributed by atoms with Gasteiger partial charge in [0.25, 0.3) is 0 Å². The Hall–Kier alpha value is -1.36. The van der Waals surface area contributed by atoms with Crippen LogP contribution in [-0.4, -0.2) is 14.8 Å². The molecule has 2 heterocycles. The highest BCUT2D eigenvalue weighted by molar-refractivity contribution is 7.14.